The first kappa shape index (κ1) is 9.19. The highest BCUT2D eigenvalue weighted by Crippen LogP contribution is 2.37. The Morgan fingerprint density at radius 1 is 1.57 bits per heavy atom. The molecule has 14 heavy (non-hydrogen) atoms. The van der Waals surface area contributed by atoms with Gasteiger partial charge in [-0.2, -0.15) is 0 Å². The third-order valence-corrected chi connectivity index (χ3v) is 3.04. The summed E-state index contributed by atoms with van der Waals surface area (Å²) in [4.78, 5) is 0. The molecule has 1 aromatic rings. The molecule has 0 heterocycles. The van der Waals surface area contributed by atoms with Crippen molar-refractivity contribution < 1.29 is 4.39 Å². The highest BCUT2D eigenvalue weighted by Gasteiger charge is 2.31. The summed E-state index contributed by atoms with van der Waals surface area (Å²) in [6.45, 7) is 2.04. The average Bonchev–Trinajstić information content (AvgIpc) is 2.43. The fourth-order valence-corrected chi connectivity index (χ4v) is 2.21. The number of hydrogen-bond acceptors (Lipinski definition) is 1. The zero-order chi connectivity index (χ0) is 10.3. The number of halogens is 1. The Balaban J connectivity index is 2.40. The summed E-state index contributed by atoms with van der Waals surface area (Å²) < 4.78 is 12.9. The third-order valence-electron chi connectivity index (χ3n) is 3.04. The molecule has 0 saturated heterocycles. The van der Waals surface area contributed by atoms with Gasteiger partial charge in [-0.15, -0.1) is 0 Å². The summed E-state index contributed by atoms with van der Waals surface area (Å²) in [5, 5.41) is 7.44. The zero-order valence-electron chi connectivity index (χ0n) is 8.05. The molecule has 1 aliphatic carbocycles. The van der Waals surface area contributed by atoms with Crippen molar-refractivity contribution in [3.8, 4) is 0 Å². The lowest BCUT2D eigenvalue weighted by Crippen LogP contribution is -2.24. The molecule has 3 N–H and O–H groups in total. The predicted octanol–water partition coefficient (Wildman–Crippen LogP) is 2.04. The van der Waals surface area contributed by atoms with E-state index in [4.69, 9.17) is 11.1 Å². The van der Waals surface area contributed by atoms with Gasteiger partial charge in [0.2, 0.25) is 0 Å². The Labute approximate surface area is 82.4 Å². The molecule has 0 aromatic heterocycles. The lowest BCUT2D eigenvalue weighted by atomic mass is 9.94. The van der Waals surface area contributed by atoms with Crippen molar-refractivity contribution >= 4 is 5.84 Å². The number of rotatable bonds is 1. The Morgan fingerprint density at radius 3 is 2.93 bits per heavy atom. The number of hydrogen-bond donors (Lipinski definition) is 2. The molecule has 1 aliphatic rings. The maximum Gasteiger partial charge on any atom is 0.123 e. The van der Waals surface area contributed by atoms with Gasteiger partial charge >= 0.3 is 0 Å². The predicted molar refractivity (Wildman–Crippen MR) is 53.9 cm³/mol. The van der Waals surface area contributed by atoms with E-state index in [1.165, 1.54) is 6.07 Å². The lowest BCUT2D eigenvalue weighted by Gasteiger charge is -2.13. The minimum Gasteiger partial charge on any atom is -0.387 e. The Kier molecular flexibility index (Phi) is 2.02. The van der Waals surface area contributed by atoms with Crippen LogP contribution in [0.2, 0.25) is 0 Å². The largest absolute Gasteiger partial charge is 0.387 e. The van der Waals surface area contributed by atoms with Crippen LogP contribution in [0.4, 0.5) is 4.39 Å². The van der Waals surface area contributed by atoms with Crippen molar-refractivity contribution in [2.24, 2.45) is 11.7 Å². The van der Waals surface area contributed by atoms with E-state index >= 15 is 0 Å². The van der Waals surface area contributed by atoms with Crippen LogP contribution in [-0.2, 0) is 6.42 Å². The van der Waals surface area contributed by atoms with Crippen LogP contribution in [0.25, 0.3) is 0 Å². The number of amidine groups is 1. The number of nitrogens with two attached hydrogens (primary N) is 1. The van der Waals surface area contributed by atoms with Gasteiger partial charge in [-0.3, -0.25) is 5.41 Å². The molecule has 2 rings (SSSR count). The van der Waals surface area contributed by atoms with E-state index in [-0.39, 0.29) is 23.5 Å². The molecule has 0 saturated carbocycles. The van der Waals surface area contributed by atoms with Crippen molar-refractivity contribution in [1.82, 2.24) is 0 Å². The third kappa shape index (κ3) is 1.29. The van der Waals surface area contributed by atoms with Crippen molar-refractivity contribution in [2.45, 2.75) is 19.3 Å². The number of nitrogens with one attached hydrogen (secondary N) is 1. The van der Waals surface area contributed by atoms with E-state index in [1.54, 1.807) is 12.1 Å². The molecule has 0 fully saturated rings. The van der Waals surface area contributed by atoms with E-state index in [1.807, 2.05) is 6.92 Å². The molecule has 0 amide bonds. The minimum atomic E-state index is -0.208. The normalized spacial score (nSPS) is 24.7. The fourth-order valence-electron chi connectivity index (χ4n) is 2.21. The van der Waals surface area contributed by atoms with Crippen LogP contribution in [0.3, 0.4) is 0 Å². The van der Waals surface area contributed by atoms with Crippen molar-refractivity contribution in [1.29, 1.82) is 5.41 Å². The minimum absolute atomic E-state index is 0.0480. The van der Waals surface area contributed by atoms with Gasteiger partial charge in [0.15, 0.2) is 0 Å². The summed E-state index contributed by atoms with van der Waals surface area (Å²) in [5.41, 5.74) is 7.62. The van der Waals surface area contributed by atoms with Crippen molar-refractivity contribution in [3.63, 3.8) is 0 Å². The summed E-state index contributed by atoms with van der Waals surface area (Å²) in [6.07, 6.45) is 0.698. The Hall–Kier alpha value is -1.38. The first-order chi connectivity index (χ1) is 6.59. The molecular formula is C11H13FN2. The maximum absolute atomic E-state index is 12.9. The lowest BCUT2D eigenvalue weighted by molar-refractivity contribution is 0.618. The van der Waals surface area contributed by atoms with Gasteiger partial charge in [-0.05, 0) is 35.6 Å². The smallest absolute Gasteiger partial charge is 0.123 e. The quantitative estimate of drug-likeness (QED) is 0.519. The molecule has 2 atom stereocenters. The second-order valence-electron chi connectivity index (χ2n) is 3.90. The van der Waals surface area contributed by atoms with E-state index in [0.717, 1.165) is 11.1 Å². The molecule has 1 aromatic carbocycles. The SMILES string of the molecule is CC1c2ccc(F)cc2CC1C(=N)N. The highest BCUT2D eigenvalue weighted by molar-refractivity contribution is 5.82. The van der Waals surface area contributed by atoms with E-state index in [2.05, 4.69) is 0 Å². The molecule has 0 bridgehead atoms. The van der Waals surface area contributed by atoms with Gasteiger partial charge in [0, 0.05) is 5.92 Å². The van der Waals surface area contributed by atoms with Crippen molar-refractivity contribution in [2.75, 3.05) is 0 Å². The summed E-state index contributed by atoms with van der Waals surface area (Å²) in [7, 11) is 0. The van der Waals surface area contributed by atoms with Crippen LogP contribution in [0.1, 0.15) is 24.0 Å². The molecule has 0 radical (unpaired) electrons. The Bertz CT molecular complexity index is 387. The van der Waals surface area contributed by atoms with Crippen LogP contribution >= 0.6 is 0 Å². The van der Waals surface area contributed by atoms with Crippen LogP contribution in [0.15, 0.2) is 18.2 Å². The van der Waals surface area contributed by atoms with Gasteiger partial charge in [0.05, 0.1) is 5.84 Å². The van der Waals surface area contributed by atoms with Gasteiger partial charge < -0.3 is 5.73 Å². The second kappa shape index (κ2) is 3.08. The molecule has 74 valence electrons. The van der Waals surface area contributed by atoms with E-state index in [9.17, 15) is 4.39 Å². The molecule has 0 spiro atoms. The fraction of sp³-hybridized carbons (Fsp3) is 0.364. The van der Waals surface area contributed by atoms with E-state index < -0.39 is 0 Å². The average molecular weight is 192 g/mol. The molecule has 2 nitrogen and oxygen atoms in total. The molecule has 2 unspecified atom stereocenters. The second-order valence-corrected chi connectivity index (χ2v) is 3.90. The molecule has 3 heteroatoms. The molecule has 0 aliphatic heterocycles. The standard InChI is InChI=1S/C11H13FN2/c1-6-9-3-2-8(12)4-7(9)5-10(6)11(13)14/h2-4,6,10H,5H2,1H3,(H3,13,14). The monoisotopic (exact) mass is 192 g/mol. The summed E-state index contributed by atoms with van der Waals surface area (Å²) >= 11 is 0. The number of benzene rings is 1. The van der Waals surface area contributed by atoms with Gasteiger partial charge in [0.25, 0.3) is 0 Å². The van der Waals surface area contributed by atoms with Crippen LogP contribution in [0.5, 0.6) is 0 Å². The summed E-state index contributed by atoms with van der Waals surface area (Å²) in [6, 6.07) is 4.82. The van der Waals surface area contributed by atoms with Crippen molar-refractivity contribution in [3.05, 3.63) is 35.1 Å². The molecular weight excluding hydrogens is 179 g/mol. The first-order valence-corrected chi connectivity index (χ1v) is 4.72. The first-order valence-electron chi connectivity index (χ1n) is 4.72. The van der Waals surface area contributed by atoms with Gasteiger partial charge in [0.1, 0.15) is 5.82 Å². The topological polar surface area (TPSA) is 49.9 Å². The van der Waals surface area contributed by atoms with Crippen LogP contribution < -0.4 is 5.73 Å². The highest BCUT2D eigenvalue weighted by atomic mass is 19.1. The van der Waals surface area contributed by atoms with E-state index in [0.29, 0.717) is 6.42 Å². The van der Waals surface area contributed by atoms with Gasteiger partial charge in [-0.25, -0.2) is 4.39 Å². The van der Waals surface area contributed by atoms with Gasteiger partial charge in [-0.1, -0.05) is 13.0 Å². The summed E-state index contributed by atoms with van der Waals surface area (Å²) in [5.74, 6) is 0.282. The van der Waals surface area contributed by atoms with Crippen LogP contribution in [0, 0.1) is 17.1 Å². The Morgan fingerprint density at radius 2 is 2.29 bits per heavy atom. The maximum atomic E-state index is 12.9. The number of fused-ring (bicyclic) bond motifs is 1. The van der Waals surface area contributed by atoms with Crippen LogP contribution in [-0.4, -0.2) is 5.84 Å². The zero-order valence-corrected chi connectivity index (χ0v) is 8.05.